The number of carboxylic acid groups (broad SMARTS) is 1. The number of aliphatic carboxylic acids is 1. The summed E-state index contributed by atoms with van der Waals surface area (Å²) >= 11 is 3.36. The molecule has 1 amide bonds. The van der Waals surface area contributed by atoms with Gasteiger partial charge in [0.15, 0.2) is 0 Å². The quantitative estimate of drug-likeness (QED) is 0.916. The Bertz CT molecular complexity index is 489. The first kappa shape index (κ1) is 13.9. The van der Waals surface area contributed by atoms with Crippen LogP contribution in [-0.2, 0) is 9.59 Å². The predicted molar refractivity (Wildman–Crippen MR) is 75.2 cm³/mol. The molecule has 1 heterocycles. The maximum atomic E-state index is 12.1. The lowest BCUT2D eigenvalue weighted by Crippen LogP contribution is -2.56. The van der Waals surface area contributed by atoms with E-state index in [1.54, 1.807) is 11.9 Å². The molecule has 1 aliphatic rings. The van der Waals surface area contributed by atoms with Crippen molar-refractivity contribution in [1.29, 1.82) is 0 Å². The summed E-state index contributed by atoms with van der Waals surface area (Å²) in [5, 5.41) is 8.97. The van der Waals surface area contributed by atoms with Crippen LogP contribution in [0.2, 0.25) is 0 Å². The van der Waals surface area contributed by atoms with E-state index in [2.05, 4.69) is 15.9 Å². The highest BCUT2D eigenvalue weighted by molar-refractivity contribution is 9.10. The zero-order valence-corrected chi connectivity index (χ0v) is 12.1. The topological polar surface area (TPSA) is 60.9 Å². The molecule has 0 spiro atoms. The highest BCUT2D eigenvalue weighted by Crippen LogP contribution is 2.24. The van der Waals surface area contributed by atoms with Gasteiger partial charge in [-0.25, -0.2) is 0 Å². The van der Waals surface area contributed by atoms with Gasteiger partial charge in [0.05, 0.1) is 6.42 Å². The van der Waals surface area contributed by atoms with E-state index in [4.69, 9.17) is 5.11 Å². The Labute approximate surface area is 119 Å². The summed E-state index contributed by atoms with van der Waals surface area (Å²) in [6, 6.07) is 6.92. The summed E-state index contributed by atoms with van der Waals surface area (Å²) in [6.45, 7) is 1.24. The van der Waals surface area contributed by atoms with Gasteiger partial charge in [-0.3, -0.25) is 9.59 Å². The summed E-state index contributed by atoms with van der Waals surface area (Å²) in [4.78, 5) is 26.5. The average Bonchev–Trinajstić information content (AvgIpc) is 2.36. The predicted octanol–water partition coefficient (Wildman–Crippen LogP) is 1.57. The molecule has 1 unspecified atom stereocenters. The Hall–Kier alpha value is -1.56. The van der Waals surface area contributed by atoms with Crippen LogP contribution >= 0.6 is 15.9 Å². The van der Waals surface area contributed by atoms with Gasteiger partial charge in [-0.15, -0.1) is 0 Å². The number of nitrogens with zero attached hydrogens (tertiary/aromatic N) is 2. The molecule has 1 N–H and O–H groups in total. The fourth-order valence-electron chi connectivity index (χ4n) is 2.22. The molecule has 1 fully saturated rings. The van der Waals surface area contributed by atoms with Crippen molar-refractivity contribution < 1.29 is 14.7 Å². The fourth-order valence-corrected chi connectivity index (χ4v) is 2.48. The number of halogens is 1. The number of rotatable bonds is 3. The number of hydrogen-bond acceptors (Lipinski definition) is 3. The van der Waals surface area contributed by atoms with Crippen molar-refractivity contribution in [2.45, 2.75) is 12.5 Å². The largest absolute Gasteiger partial charge is 0.481 e. The molecule has 0 radical (unpaired) electrons. The minimum Gasteiger partial charge on any atom is -0.481 e. The van der Waals surface area contributed by atoms with Crippen molar-refractivity contribution >= 4 is 33.5 Å². The van der Waals surface area contributed by atoms with E-state index in [9.17, 15) is 9.59 Å². The fraction of sp³-hybridized carbons (Fsp3) is 0.385. The molecule has 1 aliphatic heterocycles. The lowest BCUT2D eigenvalue weighted by molar-refractivity contribution is -0.142. The number of carboxylic acids is 1. The Morgan fingerprint density at radius 1 is 1.37 bits per heavy atom. The first-order valence-electron chi connectivity index (χ1n) is 5.98. The molecular formula is C13H15BrN2O3. The number of anilines is 1. The van der Waals surface area contributed by atoms with Gasteiger partial charge in [0, 0.05) is 30.3 Å². The number of piperazine rings is 1. The van der Waals surface area contributed by atoms with Gasteiger partial charge < -0.3 is 14.9 Å². The molecule has 0 aromatic heterocycles. The maximum absolute atomic E-state index is 12.1. The van der Waals surface area contributed by atoms with Crippen LogP contribution in [0.5, 0.6) is 0 Å². The second-order valence-corrected chi connectivity index (χ2v) is 5.46. The van der Waals surface area contributed by atoms with Gasteiger partial charge in [-0.1, -0.05) is 15.9 Å². The van der Waals surface area contributed by atoms with Gasteiger partial charge in [0.1, 0.15) is 6.04 Å². The van der Waals surface area contributed by atoms with Crippen molar-refractivity contribution in [2.24, 2.45) is 0 Å². The molecule has 5 nitrogen and oxygen atoms in total. The number of carbonyl (C=O) groups is 2. The van der Waals surface area contributed by atoms with Gasteiger partial charge >= 0.3 is 5.97 Å². The highest BCUT2D eigenvalue weighted by atomic mass is 79.9. The van der Waals surface area contributed by atoms with E-state index >= 15 is 0 Å². The second-order valence-electron chi connectivity index (χ2n) is 4.54. The minimum atomic E-state index is -0.962. The molecule has 19 heavy (non-hydrogen) atoms. The number of amides is 1. The van der Waals surface area contributed by atoms with Crippen molar-refractivity contribution in [3.8, 4) is 0 Å². The highest BCUT2D eigenvalue weighted by Gasteiger charge is 2.34. The third kappa shape index (κ3) is 3.07. The van der Waals surface area contributed by atoms with E-state index in [1.165, 1.54) is 0 Å². The van der Waals surface area contributed by atoms with E-state index in [0.717, 1.165) is 10.2 Å². The monoisotopic (exact) mass is 326 g/mol. The zero-order chi connectivity index (χ0) is 14.0. The van der Waals surface area contributed by atoms with E-state index in [-0.39, 0.29) is 12.3 Å². The number of likely N-dealkylation sites (N-methyl/N-ethyl adjacent to an activating group) is 1. The molecule has 6 heteroatoms. The Morgan fingerprint density at radius 3 is 2.58 bits per heavy atom. The molecule has 102 valence electrons. The molecule has 0 aliphatic carbocycles. The lowest BCUT2D eigenvalue weighted by Gasteiger charge is -2.40. The van der Waals surface area contributed by atoms with Gasteiger partial charge in [0.2, 0.25) is 5.91 Å². The van der Waals surface area contributed by atoms with Crippen molar-refractivity contribution in [1.82, 2.24) is 4.90 Å². The molecular weight excluding hydrogens is 312 g/mol. The Morgan fingerprint density at radius 2 is 2.00 bits per heavy atom. The molecule has 1 saturated heterocycles. The molecule has 1 aromatic carbocycles. The molecule has 0 saturated carbocycles. The van der Waals surface area contributed by atoms with Crippen LogP contribution in [0.4, 0.5) is 5.69 Å². The first-order valence-corrected chi connectivity index (χ1v) is 6.77. The Kier molecular flexibility index (Phi) is 4.09. The smallest absolute Gasteiger partial charge is 0.305 e. The zero-order valence-electron chi connectivity index (χ0n) is 10.5. The van der Waals surface area contributed by atoms with E-state index < -0.39 is 12.0 Å². The lowest BCUT2D eigenvalue weighted by atomic mass is 10.1. The Balaban J connectivity index is 2.28. The summed E-state index contributed by atoms with van der Waals surface area (Å²) in [6.07, 6.45) is -0.181. The van der Waals surface area contributed by atoms with Crippen molar-refractivity contribution in [3.05, 3.63) is 28.7 Å². The third-order valence-corrected chi connectivity index (χ3v) is 3.77. The van der Waals surface area contributed by atoms with Crippen LogP contribution in [0.1, 0.15) is 6.42 Å². The van der Waals surface area contributed by atoms with Gasteiger partial charge in [-0.2, -0.15) is 0 Å². The minimum absolute atomic E-state index is 0.142. The van der Waals surface area contributed by atoms with Crippen LogP contribution in [0.25, 0.3) is 0 Å². The summed E-state index contributed by atoms with van der Waals surface area (Å²) in [5.41, 5.74) is 0.871. The second kappa shape index (κ2) is 5.61. The normalized spacial score (nSPS) is 19.7. The van der Waals surface area contributed by atoms with E-state index in [1.807, 2.05) is 29.2 Å². The van der Waals surface area contributed by atoms with Gasteiger partial charge in [0.25, 0.3) is 0 Å². The van der Waals surface area contributed by atoms with Crippen molar-refractivity contribution in [3.63, 3.8) is 0 Å². The summed E-state index contributed by atoms with van der Waals surface area (Å²) in [7, 11) is 1.70. The maximum Gasteiger partial charge on any atom is 0.305 e. The first-order chi connectivity index (χ1) is 8.99. The summed E-state index contributed by atoms with van der Waals surface area (Å²) in [5.74, 6) is -1.10. The van der Waals surface area contributed by atoms with Gasteiger partial charge in [-0.05, 0) is 24.3 Å². The van der Waals surface area contributed by atoms with Crippen LogP contribution in [-0.4, -0.2) is 48.1 Å². The van der Waals surface area contributed by atoms with Crippen LogP contribution in [0.3, 0.4) is 0 Å². The van der Waals surface area contributed by atoms with Crippen LogP contribution in [0.15, 0.2) is 28.7 Å². The SMILES string of the molecule is CN1CCN(c2ccc(Br)cc2)C(CC(=O)O)C1=O. The molecule has 0 bridgehead atoms. The molecule has 1 atom stereocenters. The average molecular weight is 327 g/mol. The standard InChI is InChI=1S/C13H15BrN2O3/c1-15-6-7-16(10-4-2-9(14)3-5-10)11(13(15)19)8-12(17)18/h2-5,11H,6-8H2,1H3,(H,17,18). The van der Waals surface area contributed by atoms with Crippen LogP contribution < -0.4 is 4.90 Å². The third-order valence-electron chi connectivity index (χ3n) is 3.24. The summed E-state index contributed by atoms with van der Waals surface area (Å²) < 4.78 is 0.950. The number of hydrogen-bond donors (Lipinski definition) is 1. The molecule has 1 aromatic rings. The van der Waals surface area contributed by atoms with E-state index in [0.29, 0.717) is 13.1 Å². The van der Waals surface area contributed by atoms with Crippen molar-refractivity contribution in [2.75, 3.05) is 25.0 Å². The molecule has 2 rings (SSSR count). The van der Waals surface area contributed by atoms with Crippen LogP contribution in [0, 0.1) is 0 Å². The number of benzene rings is 1. The number of carbonyl (C=O) groups excluding carboxylic acids is 1.